The van der Waals surface area contributed by atoms with Crippen LogP contribution in [0.2, 0.25) is 0 Å². The number of hydrogen-bond acceptors (Lipinski definition) is 2. The molecule has 21 heavy (non-hydrogen) atoms. The Balaban J connectivity index is 1.76. The van der Waals surface area contributed by atoms with Gasteiger partial charge in [-0.2, -0.15) is 0 Å². The van der Waals surface area contributed by atoms with Gasteiger partial charge in [-0.25, -0.2) is 4.79 Å². The molecule has 1 aromatic rings. The first-order valence-electron chi connectivity index (χ1n) is 7.85. The summed E-state index contributed by atoms with van der Waals surface area (Å²) in [5.74, 6) is 0.497. The Hall–Kier alpha value is -1.55. The molecule has 1 aliphatic rings. The Morgan fingerprint density at radius 3 is 2.57 bits per heavy atom. The summed E-state index contributed by atoms with van der Waals surface area (Å²) in [6, 6.07) is 8.73. The van der Waals surface area contributed by atoms with Crippen LogP contribution in [-0.2, 0) is 6.54 Å². The number of nitrogens with zero attached hydrogens (tertiary/aromatic N) is 2. The standard InChI is InChI=1S/C17H27N3O/c1-14(2)12-18-17(21)20-9-7-19(8-10-20)13-16-6-4-5-15(3)11-16/h4-6,11,14H,7-10,12-13H2,1-3H3,(H,18,21). The summed E-state index contributed by atoms with van der Waals surface area (Å²) in [5.41, 5.74) is 2.66. The predicted molar refractivity (Wildman–Crippen MR) is 86.3 cm³/mol. The van der Waals surface area contributed by atoms with Gasteiger partial charge in [0.2, 0.25) is 0 Å². The van der Waals surface area contributed by atoms with Crippen molar-refractivity contribution < 1.29 is 4.79 Å². The highest BCUT2D eigenvalue weighted by molar-refractivity contribution is 5.74. The van der Waals surface area contributed by atoms with Gasteiger partial charge in [-0.1, -0.05) is 43.7 Å². The molecule has 0 radical (unpaired) electrons. The highest BCUT2D eigenvalue weighted by Crippen LogP contribution is 2.10. The Morgan fingerprint density at radius 1 is 1.24 bits per heavy atom. The first-order chi connectivity index (χ1) is 10.0. The first kappa shape index (κ1) is 15.8. The van der Waals surface area contributed by atoms with E-state index in [0.29, 0.717) is 5.92 Å². The topological polar surface area (TPSA) is 35.6 Å². The second kappa shape index (κ2) is 7.46. The van der Waals surface area contributed by atoms with Crippen LogP contribution in [0.3, 0.4) is 0 Å². The lowest BCUT2D eigenvalue weighted by atomic mass is 10.1. The molecule has 0 unspecified atom stereocenters. The number of aryl methyl sites for hydroxylation is 1. The van der Waals surface area contributed by atoms with Gasteiger partial charge < -0.3 is 10.2 Å². The van der Waals surface area contributed by atoms with E-state index in [1.54, 1.807) is 0 Å². The van der Waals surface area contributed by atoms with Crippen LogP contribution >= 0.6 is 0 Å². The van der Waals surface area contributed by atoms with E-state index in [9.17, 15) is 4.79 Å². The van der Waals surface area contributed by atoms with Gasteiger partial charge in [-0.3, -0.25) is 4.90 Å². The van der Waals surface area contributed by atoms with E-state index in [1.165, 1.54) is 11.1 Å². The van der Waals surface area contributed by atoms with E-state index in [0.717, 1.165) is 39.3 Å². The van der Waals surface area contributed by atoms with Crippen molar-refractivity contribution in [3.63, 3.8) is 0 Å². The number of rotatable bonds is 4. The fourth-order valence-electron chi connectivity index (χ4n) is 2.58. The molecule has 0 atom stereocenters. The highest BCUT2D eigenvalue weighted by Gasteiger charge is 2.20. The molecule has 4 nitrogen and oxygen atoms in total. The fourth-order valence-corrected chi connectivity index (χ4v) is 2.58. The molecule has 1 saturated heterocycles. The number of amides is 2. The molecular formula is C17H27N3O. The molecule has 0 bridgehead atoms. The van der Waals surface area contributed by atoms with Gasteiger partial charge in [0.05, 0.1) is 0 Å². The number of carbonyl (C=O) groups excluding carboxylic acids is 1. The van der Waals surface area contributed by atoms with Crippen molar-refractivity contribution in [3.05, 3.63) is 35.4 Å². The highest BCUT2D eigenvalue weighted by atomic mass is 16.2. The molecule has 0 spiro atoms. The number of hydrogen-bond donors (Lipinski definition) is 1. The largest absolute Gasteiger partial charge is 0.338 e. The van der Waals surface area contributed by atoms with Gasteiger partial charge in [-0.05, 0) is 18.4 Å². The van der Waals surface area contributed by atoms with Crippen molar-refractivity contribution >= 4 is 6.03 Å². The van der Waals surface area contributed by atoms with Crippen LogP contribution < -0.4 is 5.32 Å². The van der Waals surface area contributed by atoms with Crippen LogP contribution in [0.4, 0.5) is 4.79 Å². The number of nitrogens with one attached hydrogen (secondary N) is 1. The predicted octanol–water partition coefficient (Wildman–Crippen LogP) is 2.48. The second-order valence-electron chi connectivity index (χ2n) is 6.33. The molecule has 0 aromatic heterocycles. The number of urea groups is 1. The first-order valence-corrected chi connectivity index (χ1v) is 7.85. The molecule has 2 rings (SSSR count). The average molecular weight is 289 g/mol. The number of benzene rings is 1. The molecular weight excluding hydrogens is 262 g/mol. The smallest absolute Gasteiger partial charge is 0.317 e. The number of piperazine rings is 1. The van der Waals surface area contributed by atoms with Crippen molar-refractivity contribution in [3.8, 4) is 0 Å². The molecule has 1 fully saturated rings. The zero-order valence-electron chi connectivity index (χ0n) is 13.4. The third kappa shape index (κ3) is 5.05. The molecule has 1 heterocycles. The van der Waals surface area contributed by atoms with Crippen LogP contribution in [-0.4, -0.2) is 48.6 Å². The molecule has 0 saturated carbocycles. The van der Waals surface area contributed by atoms with Crippen LogP contribution in [0.15, 0.2) is 24.3 Å². The molecule has 2 amide bonds. The molecule has 1 aliphatic heterocycles. The van der Waals surface area contributed by atoms with Gasteiger partial charge in [0.25, 0.3) is 0 Å². The van der Waals surface area contributed by atoms with Gasteiger partial charge in [0.1, 0.15) is 0 Å². The van der Waals surface area contributed by atoms with Crippen LogP contribution in [0.5, 0.6) is 0 Å². The third-order valence-corrected chi connectivity index (χ3v) is 3.81. The lowest BCUT2D eigenvalue weighted by Gasteiger charge is -2.34. The summed E-state index contributed by atoms with van der Waals surface area (Å²) in [6.07, 6.45) is 0. The number of carbonyl (C=O) groups is 1. The van der Waals surface area contributed by atoms with Crippen molar-refractivity contribution in [2.45, 2.75) is 27.3 Å². The summed E-state index contributed by atoms with van der Waals surface area (Å²) in [5, 5.41) is 2.99. The average Bonchev–Trinajstić information content (AvgIpc) is 2.45. The van der Waals surface area contributed by atoms with Crippen molar-refractivity contribution in [2.75, 3.05) is 32.7 Å². The maximum absolute atomic E-state index is 12.0. The molecule has 1 N–H and O–H groups in total. The van der Waals surface area contributed by atoms with E-state index < -0.39 is 0 Å². The zero-order valence-corrected chi connectivity index (χ0v) is 13.4. The van der Waals surface area contributed by atoms with Crippen molar-refractivity contribution in [2.24, 2.45) is 5.92 Å². The summed E-state index contributed by atoms with van der Waals surface area (Å²) in [7, 11) is 0. The SMILES string of the molecule is Cc1cccc(CN2CCN(C(=O)NCC(C)C)CC2)c1. The van der Waals surface area contributed by atoms with Gasteiger partial charge in [-0.15, -0.1) is 0 Å². The Bertz CT molecular complexity index is 465. The van der Waals surface area contributed by atoms with Crippen LogP contribution in [0.25, 0.3) is 0 Å². The summed E-state index contributed by atoms with van der Waals surface area (Å²) in [4.78, 5) is 16.4. The zero-order chi connectivity index (χ0) is 15.2. The molecule has 0 aliphatic carbocycles. The Kier molecular flexibility index (Phi) is 5.62. The maximum Gasteiger partial charge on any atom is 0.317 e. The van der Waals surface area contributed by atoms with Crippen molar-refractivity contribution in [1.29, 1.82) is 0 Å². The van der Waals surface area contributed by atoms with E-state index in [1.807, 2.05) is 4.90 Å². The quantitative estimate of drug-likeness (QED) is 0.924. The normalized spacial score (nSPS) is 16.3. The minimum atomic E-state index is 0.0823. The lowest BCUT2D eigenvalue weighted by molar-refractivity contribution is 0.135. The van der Waals surface area contributed by atoms with Crippen LogP contribution in [0.1, 0.15) is 25.0 Å². The van der Waals surface area contributed by atoms with E-state index >= 15 is 0 Å². The maximum atomic E-state index is 12.0. The van der Waals surface area contributed by atoms with Gasteiger partial charge >= 0.3 is 6.03 Å². The van der Waals surface area contributed by atoms with Gasteiger partial charge in [0, 0.05) is 39.3 Å². The fraction of sp³-hybridized carbons (Fsp3) is 0.588. The minimum absolute atomic E-state index is 0.0823. The van der Waals surface area contributed by atoms with Crippen LogP contribution in [0, 0.1) is 12.8 Å². The summed E-state index contributed by atoms with van der Waals surface area (Å²) < 4.78 is 0. The summed E-state index contributed by atoms with van der Waals surface area (Å²) in [6.45, 7) is 11.6. The molecule has 1 aromatic carbocycles. The molecule has 116 valence electrons. The van der Waals surface area contributed by atoms with Crippen molar-refractivity contribution in [1.82, 2.24) is 15.1 Å². The monoisotopic (exact) mass is 289 g/mol. The van der Waals surface area contributed by atoms with E-state index in [-0.39, 0.29) is 6.03 Å². The lowest BCUT2D eigenvalue weighted by Crippen LogP contribution is -2.51. The Morgan fingerprint density at radius 2 is 1.95 bits per heavy atom. The Labute approximate surface area is 128 Å². The second-order valence-corrected chi connectivity index (χ2v) is 6.33. The minimum Gasteiger partial charge on any atom is -0.338 e. The third-order valence-electron chi connectivity index (χ3n) is 3.81. The van der Waals surface area contributed by atoms with E-state index in [4.69, 9.17) is 0 Å². The van der Waals surface area contributed by atoms with E-state index in [2.05, 4.69) is 55.3 Å². The molecule has 4 heteroatoms. The summed E-state index contributed by atoms with van der Waals surface area (Å²) >= 11 is 0. The van der Waals surface area contributed by atoms with Gasteiger partial charge in [0.15, 0.2) is 0 Å².